The summed E-state index contributed by atoms with van der Waals surface area (Å²) in [5.41, 5.74) is 0.811. The molecule has 1 aromatic rings. The summed E-state index contributed by atoms with van der Waals surface area (Å²) in [5, 5.41) is 7.04. The average molecular weight is 482 g/mol. The minimum Gasteiger partial charge on any atom is -0.381 e. The molecular formula is C16H25ClIN5O2. The molecule has 0 aliphatic carbocycles. The number of halogens is 2. The molecule has 2 rings (SSSR count). The largest absolute Gasteiger partial charge is 0.381 e. The maximum absolute atomic E-state index is 11.8. The summed E-state index contributed by atoms with van der Waals surface area (Å²) in [6.07, 6.45) is 3.43. The van der Waals surface area contributed by atoms with Crippen molar-refractivity contribution in [2.45, 2.75) is 25.4 Å². The van der Waals surface area contributed by atoms with E-state index in [0.29, 0.717) is 17.5 Å². The number of carbonyl (C=O) groups is 1. The van der Waals surface area contributed by atoms with E-state index in [2.05, 4.69) is 20.6 Å². The van der Waals surface area contributed by atoms with Gasteiger partial charge in [0, 0.05) is 39.5 Å². The Bertz CT molecular complexity index is 562. The van der Waals surface area contributed by atoms with Crippen LogP contribution in [0.3, 0.4) is 0 Å². The predicted molar refractivity (Wildman–Crippen MR) is 109 cm³/mol. The highest BCUT2D eigenvalue weighted by Gasteiger charge is 2.15. The highest BCUT2D eigenvalue weighted by atomic mass is 127. The van der Waals surface area contributed by atoms with Gasteiger partial charge in [-0.2, -0.15) is 0 Å². The van der Waals surface area contributed by atoms with Crippen molar-refractivity contribution in [3.05, 3.63) is 29.0 Å². The molecule has 0 radical (unpaired) electrons. The van der Waals surface area contributed by atoms with Gasteiger partial charge in [-0.3, -0.25) is 9.78 Å². The van der Waals surface area contributed by atoms with Gasteiger partial charge in [0.1, 0.15) is 0 Å². The zero-order chi connectivity index (χ0) is 17.4. The molecule has 1 fully saturated rings. The van der Waals surface area contributed by atoms with Crippen LogP contribution >= 0.6 is 35.6 Å². The molecule has 25 heavy (non-hydrogen) atoms. The first-order chi connectivity index (χ1) is 11.5. The molecule has 1 aliphatic heterocycles. The van der Waals surface area contributed by atoms with Crippen LogP contribution < -0.4 is 10.6 Å². The van der Waals surface area contributed by atoms with E-state index in [4.69, 9.17) is 16.3 Å². The van der Waals surface area contributed by atoms with Crippen molar-refractivity contribution in [1.82, 2.24) is 20.5 Å². The minimum atomic E-state index is -0.0129. The first kappa shape index (κ1) is 21.9. The van der Waals surface area contributed by atoms with Crippen LogP contribution in [0.4, 0.5) is 0 Å². The van der Waals surface area contributed by atoms with Gasteiger partial charge in [-0.15, -0.1) is 24.0 Å². The van der Waals surface area contributed by atoms with Crippen LogP contribution in [0.25, 0.3) is 0 Å². The lowest BCUT2D eigenvalue weighted by Gasteiger charge is -2.25. The van der Waals surface area contributed by atoms with E-state index in [1.807, 2.05) is 6.07 Å². The van der Waals surface area contributed by atoms with Crippen LogP contribution in [0.15, 0.2) is 23.3 Å². The minimum absolute atomic E-state index is 0. The smallest absolute Gasteiger partial charge is 0.241 e. The first-order valence-electron chi connectivity index (χ1n) is 7.98. The second kappa shape index (κ2) is 11.5. The maximum atomic E-state index is 11.8. The zero-order valence-corrected chi connectivity index (χ0v) is 17.6. The summed E-state index contributed by atoms with van der Waals surface area (Å²) in [6.45, 7) is 2.07. The Morgan fingerprint density at radius 1 is 1.40 bits per heavy atom. The van der Waals surface area contributed by atoms with Crippen LogP contribution in [0, 0.1) is 0 Å². The van der Waals surface area contributed by atoms with Gasteiger partial charge in [0.05, 0.1) is 23.8 Å². The molecule has 2 N–H and O–H groups in total. The molecule has 1 aromatic heterocycles. The van der Waals surface area contributed by atoms with Crippen molar-refractivity contribution >= 4 is 47.4 Å². The summed E-state index contributed by atoms with van der Waals surface area (Å²) >= 11 is 5.84. The Kier molecular flexibility index (Phi) is 10.1. The molecule has 0 saturated carbocycles. The molecular weight excluding hydrogens is 457 g/mol. The molecule has 0 unspecified atom stereocenters. The standard InChI is InChI=1S/C16H24ClN5O2.HI/c1-22(2)15(23)11-20-16(21-13-5-7-24-8-6-13)19-10-14-4-3-12(17)9-18-14;/h3-4,9,13H,5-8,10-11H2,1-2H3,(H2,19,20,21);1H. The molecule has 0 bridgehead atoms. The number of guanidine groups is 1. The summed E-state index contributed by atoms with van der Waals surface area (Å²) in [4.78, 5) is 22.1. The number of nitrogens with one attached hydrogen (secondary N) is 2. The number of ether oxygens (including phenoxy) is 1. The first-order valence-corrected chi connectivity index (χ1v) is 8.35. The highest BCUT2D eigenvalue weighted by molar-refractivity contribution is 14.0. The normalized spacial score (nSPS) is 15.2. The van der Waals surface area contributed by atoms with Gasteiger partial charge >= 0.3 is 0 Å². The van der Waals surface area contributed by atoms with Gasteiger partial charge in [0.25, 0.3) is 0 Å². The number of aliphatic imine (C=N–C) groups is 1. The lowest BCUT2D eigenvalue weighted by atomic mass is 10.1. The Morgan fingerprint density at radius 2 is 2.12 bits per heavy atom. The Morgan fingerprint density at radius 3 is 2.72 bits per heavy atom. The number of hydrogen-bond acceptors (Lipinski definition) is 4. The van der Waals surface area contributed by atoms with Crippen molar-refractivity contribution in [2.24, 2.45) is 4.99 Å². The number of rotatable bonds is 5. The fourth-order valence-electron chi connectivity index (χ4n) is 2.17. The third-order valence-corrected chi connectivity index (χ3v) is 3.88. The molecule has 1 saturated heterocycles. The van der Waals surface area contributed by atoms with Gasteiger partial charge in [-0.05, 0) is 25.0 Å². The topological polar surface area (TPSA) is 78.9 Å². The van der Waals surface area contributed by atoms with Crippen LogP contribution in [0.1, 0.15) is 18.5 Å². The van der Waals surface area contributed by atoms with Gasteiger partial charge in [0.2, 0.25) is 5.91 Å². The van der Waals surface area contributed by atoms with Crippen molar-refractivity contribution in [3.63, 3.8) is 0 Å². The van der Waals surface area contributed by atoms with Crippen molar-refractivity contribution < 1.29 is 9.53 Å². The molecule has 9 heteroatoms. The molecule has 1 aliphatic rings. The van der Waals surface area contributed by atoms with Crippen LogP contribution in [0.2, 0.25) is 5.02 Å². The third kappa shape index (κ3) is 8.19. The molecule has 0 atom stereocenters. The van der Waals surface area contributed by atoms with Gasteiger partial charge in [-0.25, -0.2) is 4.99 Å². The number of hydrogen-bond donors (Lipinski definition) is 2. The number of aromatic nitrogens is 1. The molecule has 1 amide bonds. The summed E-state index contributed by atoms with van der Waals surface area (Å²) in [7, 11) is 3.45. The van der Waals surface area contributed by atoms with Crippen LogP contribution in [-0.4, -0.2) is 61.6 Å². The monoisotopic (exact) mass is 481 g/mol. The second-order valence-electron chi connectivity index (χ2n) is 5.81. The van der Waals surface area contributed by atoms with Gasteiger partial charge < -0.3 is 20.3 Å². The molecule has 140 valence electrons. The zero-order valence-electron chi connectivity index (χ0n) is 14.5. The van der Waals surface area contributed by atoms with Crippen LogP contribution in [0.5, 0.6) is 0 Å². The van der Waals surface area contributed by atoms with Crippen molar-refractivity contribution in [1.29, 1.82) is 0 Å². The highest BCUT2D eigenvalue weighted by Crippen LogP contribution is 2.08. The van der Waals surface area contributed by atoms with E-state index >= 15 is 0 Å². The maximum Gasteiger partial charge on any atom is 0.241 e. The van der Waals surface area contributed by atoms with E-state index < -0.39 is 0 Å². The molecule has 0 spiro atoms. The average Bonchev–Trinajstić information content (AvgIpc) is 2.59. The fourth-order valence-corrected chi connectivity index (χ4v) is 2.28. The van der Waals surface area contributed by atoms with E-state index in [1.165, 1.54) is 0 Å². The van der Waals surface area contributed by atoms with Gasteiger partial charge in [0.15, 0.2) is 5.96 Å². The van der Waals surface area contributed by atoms with Crippen LogP contribution in [-0.2, 0) is 16.1 Å². The van der Waals surface area contributed by atoms with E-state index in [-0.39, 0.29) is 42.5 Å². The van der Waals surface area contributed by atoms with Crippen molar-refractivity contribution in [3.8, 4) is 0 Å². The predicted octanol–water partition coefficient (Wildman–Crippen LogP) is 1.66. The lowest BCUT2D eigenvalue weighted by molar-refractivity contribution is -0.127. The second-order valence-corrected chi connectivity index (χ2v) is 6.24. The molecule has 0 aromatic carbocycles. The number of likely N-dealkylation sites (N-methyl/N-ethyl adjacent to an activating group) is 1. The lowest BCUT2D eigenvalue weighted by Crippen LogP contribution is -2.48. The van der Waals surface area contributed by atoms with Gasteiger partial charge in [-0.1, -0.05) is 11.6 Å². The fraction of sp³-hybridized carbons (Fsp3) is 0.562. The van der Waals surface area contributed by atoms with Crippen molar-refractivity contribution in [2.75, 3.05) is 33.9 Å². The van der Waals surface area contributed by atoms with E-state index in [0.717, 1.165) is 31.7 Å². The third-order valence-electron chi connectivity index (χ3n) is 3.66. The Hall–Kier alpha value is -1.13. The Labute approximate surface area is 170 Å². The number of carbonyl (C=O) groups excluding carboxylic acids is 1. The summed E-state index contributed by atoms with van der Waals surface area (Å²) < 4.78 is 5.37. The molecule has 7 nitrogen and oxygen atoms in total. The number of pyridine rings is 1. The van der Waals surface area contributed by atoms with E-state index in [9.17, 15) is 4.79 Å². The Balaban J connectivity index is 0.00000312. The number of amides is 1. The quantitative estimate of drug-likeness (QED) is 0.380. The SMILES string of the molecule is CN(C)C(=O)CNC(=NCc1ccc(Cl)cn1)NC1CCOCC1.I. The summed E-state index contributed by atoms with van der Waals surface area (Å²) in [6, 6.07) is 3.91. The number of nitrogens with zero attached hydrogens (tertiary/aromatic N) is 3. The summed E-state index contributed by atoms with van der Waals surface area (Å²) in [5.74, 6) is 0.593. The molecule has 2 heterocycles. The van der Waals surface area contributed by atoms with E-state index in [1.54, 1.807) is 31.3 Å².